The summed E-state index contributed by atoms with van der Waals surface area (Å²) in [6.07, 6.45) is 2.79. The highest BCUT2D eigenvalue weighted by atomic mass is 32.2. The third-order valence-electron chi connectivity index (χ3n) is 8.05. The topological polar surface area (TPSA) is 91.0 Å². The number of hydrogen-bond acceptors (Lipinski definition) is 5. The number of rotatable bonds is 10. The number of halogens is 1. The highest BCUT2D eigenvalue weighted by molar-refractivity contribution is 7.92. The number of amides is 2. The van der Waals surface area contributed by atoms with Crippen LogP contribution in [0.1, 0.15) is 35.1 Å². The Morgan fingerprint density at radius 2 is 1.42 bits per heavy atom. The molecule has 4 aromatic rings. The first-order chi connectivity index (χ1) is 21.5. The number of ether oxygens (including phenoxy) is 1. The van der Waals surface area contributed by atoms with E-state index in [2.05, 4.69) is 40.9 Å². The summed E-state index contributed by atoms with van der Waals surface area (Å²) in [6, 6.07) is 26.6. The fourth-order valence-electron chi connectivity index (χ4n) is 5.62. The molecule has 0 unspecified atom stereocenters. The monoisotopic (exact) mass is 630 g/mol. The van der Waals surface area contributed by atoms with Gasteiger partial charge in [0.2, 0.25) is 10.0 Å². The molecule has 10 heteroatoms. The van der Waals surface area contributed by atoms with Crippen LogP contribution in [0, 0.1) is 19.7 Å². The van der Waals surface area contributed by atoms with E-state index in [0.717, 1.165) is 61.0 Å². The molecule has 236 valence electrons. The summed E-state index contributed by atoms with van der Waals surface area (Å²) >= 11 is 0. The van der Waals surface area contributed by atoms with E-state index in [4.69, 9.17) is 4.74 Å². The lowest BCUT2D eigenvalue weighted by Crippen LogP contribution is -2.48. The predicted octanol–water partition coefficient (Wildman–Crippen LogP) is 7.31. The smallest absolute Gasteiger partial charge is 0.322 e. The fourth-order valence-corrected chi connectivity index (χ4v) is 6.18. The van der Waals surface area contributed by atoms with Crippen molar-refractivity contribution in [3.05, 3.63) is 119 Å². The summed E-state index contributed by atoms with van der Waals surface area (Å²) in [5.74, 6) is 0.958. The molecular formula is C35H39FN4O4S. The number of anilines is 2. The quantitative estimate of drug-likeness (QED) is 0.192. The first kappa shape index (κ1) is 32.0. The molecule has 2 N–H and O–H groups in total. The van der Waals surface area contributed by atoms with Crippen molar-refractivity contribution in [1.82, 2.24) is 9.80 Å². The fraction of sp³-hybridized carbons (Fsp3) is 0.286. The maximum absolute atomic E-state index is 13.6. The second-order valence-electron chi connectivity index (χ2n) is 11.6. The Balaban J connectivity index is 1.19. The van der Waals surface area contributed by atoms with E-state index < -0.39 is 10.0 Å². The van der Waals surface area contributed by atoms with Crippen LogP contribution >= 0.6 is 0 Å². The third-order valence-corrected chi connectivity index (χ3v) is 8.66. The van der Waals surface area contributed by atoms with E-state index in [-0.39, 0.29) is 17.9 Å². The lowest BCUT2D eigenvalue weighted by Gasteiger charge is -2.39. The third kappa shape index (κ3) is 9.06. The number of piperidine rings is 1. The van der Waals surface area contributed by atoms with Crippen molar-refractivity contribution in [2.75, 3.05) is 29.4 Å². The van der Waals surface area contributed by atoms with Crippen LogP contribution in [0.25, 0.3) is 0 Å². The van der Waals surface area contributed by atoms with E-state index in [9.17, 15) is 17.6 Å². The molecule has 1 fully saturated rings. The average Bonchev–Trinajstić information content (AvgIpc) is 3.00. The molecule has 0 aliphatic carbocycles. The van der Waals surface area contributed by atoms with Crippen molar-refractivity contribution in [3.8, 4) is 11.5 Å². The molecule has 2 amide bonds. The normalized spacial score (nSPS) is 14.1. The Morgan fingerprint density at radius 3 is 2.00 bits per heavy atom. The number of hydrogen-bond donors (Lipinski definition) is 2. The van der Waals surface area contributed by atoms with Crippen molar-refractivity contribution >= 4 is 27.4 Å². The zero-order valence-electron chi connectivity index (χ0n) is 25.8. The van der Waals surface area contributed by atoms with Gasteiger partial charge in [-0.1, -0.05) is 30.3 Å². The van der Waals surface area contributed by atoms with Gasteiger partial charge in [-0.3, -0.25) is 9.62 Å². The Bertz CT molecular complexity index is 1680. The van der Waals surface area contributed by atoms with Crippen LogP contribution in [-0.4, -0.2) is 49.6 Å². The van der Waals surface area contributed by atoms with E-state index in [1.54, 1.807) is 36.4 Å². The highest BCUT2D eigenvalue weighted by Crippen LogP contribution is 2.27. The molecule has 0 aromatic heterocycles. The summed E-state index contributed by atoms with van der Waals surface area (Å²) in [7, 11) is -3.33. The Kier molecular flexibility index (Phi) is 10.0. The van der Waals surface area contributed by atoms with Gasteiger partial charge in [-0.15, -0.1) is 0 Å². The number of carbonyl (C=O) groups excluding carboxylic acids is 1. The molecule has 0 bridgehead atoms. The van der Waals surface area contributed by atoms with E-state index in [0.29, 0.717) is 29.4 Å². The predicted molar refractivity (Wildman–Crippen MR) is 177 cm³/mol. The number of benzene rings is 4. The lowest BCUT2D eigenvalue weighted by molar-refractivity contribution is 0.119. The van der Waals surface area contributed by atoms with Gasteiger partial charge in [0.15, 0.2) is 0 Å². The summed E-state index contributed by atoms with van der Waals surface area (Å²) < 4.78 is 44.6. The number of carbonyl (C=O) groups is 1. The van der Waals surface area contributed by atoms with Crippen molar-refractivity contribution < 1.29 is 22.3 Å². The number of urea groups is 1. The molecule has 1 aliphatic heterocycles. The standard InChI is InChI=1S/C35H39FN4O4S/c1-25-5-4-6-26(2)34(25)24-40(35(41)37-29-11-9-28(36)10-12-29)31-19-21-39(22-20-31)23-27-7-15-32(16-8-27)44-33-17-13-30(14-18-33)38-45(3,42)43/h4-18,31,38H,19-24H2,1-3H3,(H,37,41). The van der Waals surface area contributed by atoms with Gasteiger partial charge in [0.05, 0.1) is 6.26 Å². The molecule has 45 heavy (non-hydrogen) atoms. The maximum atomic E-state index is 13.6. The van der Waals surface area contributed by atoms with Crippen molar-refractivity contribution in [2.45, 2.75) is 45.8 Å². The van der Waals surface area contributed by atoms with Crippen LogP contribution in [0.4, 0.5) is 20.6 Å². The molecule has 0 saturated carbocycles. The minimum atomic E-state index is -3.33. The summed E-state index contributed by atoms with van der Waals surface area (Å²) in [5.41, 5.74) is 5.67. The SMILES string of the molecule is Cc1cccc(C)c1CN(C(=O)Nc1ccc(F)cc1)C1CCN(Cc2ccc(Oc3ccc(NS(C)(=O)=O)cc3)cc2)CC1. The molecule has 0 atom stereocenters. The van der Waals surface area contributed by atoms with Gasteiger partial charge in [-0.2, -0.15) is 0 Å². The Morgan fingerprint density at radius 1 is 0.867 bits per heavy atom. The van der Waals surface area contributed by atoms with Gasteiger partial charge in [-0.05, 0) is 110 Å². The molecule has 1 aliphatic rings. The average molecular weight is 631 g/mol. The Hall–Kier alpha value is -4.41. The number of nitrogens with one attached hydrogen (secondary N) is 2. The first-order valence-electron chi connectivity index (χ1n) is 15.0. The van der Waals surface area contributed by atoms with Gasteiger partial charge in [0.1, 0.15) is 17.3 Å². The van der Waals surface area contributed by atoms with Crippen LogP contribution < -0.4 is 14.8 Å². The van der Waals surface area contributed by atoms with Gasteiger partial charge in [0.25, 0.3) is 0 Å². The number of likely N-dealkylation sites (tertiary alicyclic amines) is 1. The zero-order valence-corrected chi connectivity index (χ0v) is 26.6. The van der Waals surface area contributed by atoms with Crippen LogP contribution in [-0.2, 0) is 23.1 Å². The number of sulfonamides is 1. The molecular weight excluding hydrogens is 591 g/mol. The molecule has 1 saturated heterocycles. The first-order valence-corrected chi connectivity index (χ1v) is 16.9. The molecule has 5 rings (SSSR count). The molecule has 0 spiro atoms. The van der Waals surface area contributed by atoms with Crippen molar-refractivity contribution in [2.24, 2.45) is 0 Å². The molecule has 4 aromatic carbocycles. The Labute approximate surface area is 264 Å². The number of nitrogens with zero attached hydrogens (tertiary/aromatic N) is 2. The number of aryl methyl sites for hydroxylation is 2. The van der Waals surface area contributed by atoms with Gasteiger partial charge >= 0.3 is 6.03 Å². The van der Waals surface area contributed by atoms with Gasteiger partial charge in [-0.25, -0.2) is 17.6 Å². The van der Waals surface area contributed by atoms with Gasteiger partial charge < -0.3 is 15.0 Å². The highest BCUT2D eigenvalue weighted by Gasteiger charge is 2.29. The minimum Gasteiger partial charge on any atom is -0.457 e. The summed E-state index contributed by atoms with van der Waals surface area (Å²) in [6.45, 7) is 7.15. The summed E-state index contributed by atoms with van der Waals surface area (Å²) in [5, 5.41) is 2.98. The lowest BCUT2D eigenvalue weighted by atomic mass is 9.98. The largest absolute Gasteiger partial charge is 0.457 e. The summed E-state index contributed by atoms with van der Waals surface area (Å²) in [4.78, 5) is 17.9. The van der Waals surface area contributed by atoms with Crippen LogP contribution in [0.15, 0.2) is 91.0 Å². The zero-order chi connectivity index (χ0) is 32.0. The van der Waals surface area contributed by atoms with Crippen LogP contribution in [0.5, 0.6) is 11.5 Å². The van der Waals surface area contributed by atoms with Crippen molar-refractivity contribution in [1.29, 1.82) is 0 Å². The van der Waals surface area contributed by atoms with Crippen LogP contribution in [0.3, 0.4) is 0 Å². The second-order valence-corrected chi connectivity index (χ2v) is 13.3. The second kappa shape index (κ2) is 14.1. The molecule has 8 nitrogen and oxygen atoms in total. The van der Waals surface area contributed by atoms with Gasteiger partial charge in [0, 0.05) is 43.6 Å². The molecule has 1 heterocycles. The molecule has 0 radical (unpaired) electrons. The minimum absolute atomic E-state index is 0.0653. The van der Waals surface area contributed by atoms with E-state index >= 15 is 0 Å². The van der Waals surface area contributed by atoms with Crippen LogP contribution in [0.2, 0.25) is 0 Å². The van der Waals surface area contributed by atoms with E-state index in [1.807, 2.05) is 35.2 Å². The van der Waals surface area contributed by atoms with E-state index in [1.165, 1.54) is 12.1 Å². The maximum Gasteiger partial charge on any atom is 0.322 e. The van der Waals surface area contributed by atoms with Crippen molar-refractivity contribution in [3.63, 3.8) is 0 Å².